The van der Waals surface area contributed by atoms with Gasteiger partial charge in [0.2, 0.25) is 0 Å². The normalized spacial score (nSPS) is 23.3. The number of likely N-dealkylation sites (tertiary alicyclic amines) is 1. The van der Waals surface area contributed by atoms with Crippen LogP contribution in [0.25, 0.3) is 0 Å². The van der Waals surface area contributed by atoms with Gasteiger partial charge >= 0.3 is 6.36 Å². The Morgan fingerprint density at radius 1 is 1.18 bits per heavy atom. The minimum Gasteiger partial charge on any atom is -0.406 e. The molecule has 6 nitrogen and oxygen atoms in total. The van der Waals surface area contributed by atoms with Crippen molar-refractivity contribution in [3.63, 3.8) is 0 Å². The van der Waals surface area contributed by atoms with Gasteiger partial charge < -0.3 is 9.47 Å². The molecule has 1 aliphatic heterocycles. The van der Waals surface area contributed by atoms with Crippen molar-refractivity contribution in [2.75, 3.05) is 26.8 Å². The van der Waals surface area contributed by atoms with Crippen LogP contribution < -0.4 is 4.74 Å². The molecule has 9 heteroatoms. The molecule has 0 bridgehead atoms. The van der Waals surface area contributed by atoms with Crippen LogP contribution >= 0.6 is 0 Å². The van der Waals surface area contributed by atoms with Crippen molar-refractivity contribution in [2.45, 2.75) is 37.6 Å². The first kappa shape index (κ1) is 19.2. The largest absolute Gasteiger partial charge is 0.573 e. The van der Waals surface area contributed by atoms with Crippen molar-refractivity contribution in [1.82, 2.24) is 20.1 Å². The number of benzene rings is 1. The molecule has 2 heterocycles. The molecule has 1 aromatic carbocycles. The van der Waals surface area contributed by atoms with Crippen LogP contribution in [0.1, 0.15) is 41.9 Å². The van der Waals surface area contributed by atoms with Gasteiger partial charge in [0, 0.05) is 44.5 Å². The third kappa shape index (κ3) is 4.64. The van der Waals surface area contributed by atoms with E-state index >= 15 is 0 Å². The van der Waals surface area contributed by atoms with Crippen LogP contribution in [0.4, 0.5) is 13.2 Å². The van der Waals surface area contributed by atoms with Crippen molar-refractivity contribution in [3.8, 4) is 5.75 Å². The molecule has 1 aromatic heterocycles. The van der Waals surface area contributed by atoms with Gasteiger partial charge in [-0.3, -0.25) is 10.00 Å². The molecule has 0 radical (unpaired) electrons. The van der Waals surface area contributed by atoms with Crippen LogP contribution in [-0.4, -0.2) is 53.2 Å². The van der Waals surface area contributed by atoms with Crippen LogP contribution in [0.5, 0.6) is 5.75 Å². The summed E-state index contributed by atoms with van der Waals surface area (Å²) in [6, 6.07) is 6.03. The zero-order valence-corrected chi connectivity index (χ0v) is 15.6. The number of H-pyrrole nitrogens is 1. The van der Waals surface area contributed by atoms with Gasteiger partial charge in [0.1, 0.15) is 11.6 Å². The number of aromatic amines is 1. The van der Waals surface area contributed by atoms with Crippen molar-refractivity contribution in [3.05, 3.63) is 41.5 Å². The Balaban J connectivity index is 1.40. The molecule has 1 saturated carbocycles. The summed E-state index contributed by atoms with van der Waals surface area (Å²) in [5.41, 5.74) is 0.933. The molecule has 2 aliphatic rings. The van der Waals surface area contributed by atoms with Gasteiger partial charge in [0.05, 0.1) is 6.61 Å². The molecule has 2 aromatic rings. The lowest BCUT2D eigenvalue weighted by Gasteiger charge is -2.16. The highest BCUT2D eigenvalue weighted by Crippen LogP contribution is 2.39. The lowest BCUT2D eigenvalue weighted by Crippen LogP contribution is -2.21. The van der Waals surface area contributed by atoms with Gasteiger partial charge in [-0.05, 0) is 30.5 Å². The summed E-state index contributed by atoms with van der Waals surface area (Å²) in [5.74, 6) is 2.60. The van der Waals surface area contributed by atoms with Crippen molar-refractivity contribution < 1.29 is 22.6 Å². The van der Waals surface area contributed by atoms with Gasteiger partial charge in [-0.1, -0.05) is 12.1 Å². The Kier molecular flexibility index (Phi) is 5.29. The summed E-state index contributed by atoms with van der Waals surface area (Å²) in [4.78, 5) is 6.97. The predicted octanol–water partition coefficient (Wildman–Crippen LogP) is 3.44. The Morgan fingerprint density at radius 3 is 2.57 bits per heavy atom. The standard InChI is InChI=1S/C19H23F3N4O2/c1-27-11-14-9-26(8-12-2-6-15(7-3-12)28-19(20,21)22)10-16(14)18-23-17(24-25-18)13-4-5-13/h2-3,6-7,13-14,16H,4-5,8-11H2,1H3,(H,23,24,25)/t14-,16+/m0/s1. The minimum atomic E-state index is -4.67. The smallest absolute Gasteiger partial charge is 0.406 e. The van der Waals surface area contributed by atoms with Gasteiger partial charge in [-0.25, -0.2) is 4.98 Å². The molecule has 4 rings (SSSR count). The number of nitrogens with one attached hydrogen (secondary N) is 1. The number of rotatable bonds is 7. The highest BCUT2D eigenvalue weighted by atomic mass is 19.4. The third-order valence-corrected chi connectivity index (χ3v) is 5.27. The molecule has 152 valence electrons. The molecule has 0 unspecified atom stereocenters. The quantitative estimate of drug-likeness (QED) is 0.777. The third-order valence-electron chi connectivity index (χ3n) is 5.27. The zero-order chi connectivity index (χ0) is 19.7. The number of nitrogens with zero attached hydrogens (tertiary/aromatic N) is 3. The van der Waals surface area contributed by atoms with E-state index in [1.807, 2.05) is 0 Å². The predicted molar refractivity (Wildman–Crippen MR) is 94.9 cm³/mol. The second-order valence-corrected chi connectivity index (χ2v) is 7.56. The molecule has 1 saturated heterocycles. The van der Waals surface area contributed by atoms with Crippen LogP contribution in [0.2, 0.25) is 0 Å². The molecule has 2 fully saturated rings. The molecule has 0 amide bonds. The van der Waals surface area contributed by atoms with Gasteiger partial charge in [-0.2, -0.15) is 5.10 Å². The van der Waals surface area contributed by atoms with E-state index in [4.69, 9.17) is 9.72 Å². The molecule has 28 heavy (non-hydrogen) atoms. The van der Waals surface area contributed by atoms with E-state index < -0.39 is 6.36 Å². The van der Waals surface area contributed by atoms with E-state index in [2.05, 4.69) is 19.8 Å². The number of halogens is 3. The van der Waals surface area contributed by atoms with E-state index in [0.717, 1.165) is 43.1 Å². The van der Waals surface area contributed by atoms with E-state index in [1.165, 1.54) is 12.1 Å². The average molecular weight is 396 g/mol. The Labute approximate surface area is 161 Å². The van der Waals surface area contributed by atoms with Crippen LogP contribution in [0, 0.1) is 5.92 Å². The fourth-order valence-corrected chi connectivity index (χ4v) is 3.82. The van der Waals surface area contributed by atoms with Gasteiger partial charge in [-0.15, -0.1) is 13.2 Å². The lowest BCUT2D eigenvalue weighted by molar-refractivity contribution is -0.274. The Morgan fingerprint density at radius 2 is 1.93 bits per heavy atom. The van der Waals surface area contributed by atoms with Gasteiger partial charge in [0.15, 0.2) is 5.82 Å². The Hall–Kier alpha value is -2.13. The monoisotopic (exact) mass is 396 g/mol. The average Bonchev–Trinajstić information content (AvgIpc) is 3.23. The molecular weight excluding hydrogens is 373 g/mol. The van der Waals surface area contributed by atoms with E-state index in [9.17, 15) is 13.2 Å². The topological polar surface area (TPSA) is 63.3 Å². The fraction of sp³-hybridized carbons (Fsp3) is 0.579. The summed E-state index contributed by atoms with van der Waals surface area (Å²) < 4.78 is 46.2. The SMILES string of the molecule is COC[C@@H]1CN(Cc2ccc(OC(F)(F)F)cc2)C[C@H]1c1nc(C2CC2)n[nH]1. The highest BCUT2D eigenvalue weighted by molar-refractivity contribution is 5.27. The van der Waals surface area contributed by atoms with Gasteiger partial charge in [0.25, 0.3) is 0 Å². The number of hydrogen-bond acceptors (Lipinski definition) is 5. The minimum absolute atomic E-state index is 0.202. The first-order chi connectivity index (χ1) is 13.4. The van der Waals surface area contributed by atoms with Crippen LogP contribution in [0.3, 0.4) is 0 Å². The van der Waals surface area contributed by atoms with E-state index in [0.29, 0.717) is 19.1 Å². The van der Waals surface area contributed by atoms with Crippen molar-refractivity contribution in [1.29, 1.82) is 0 Å². The summed E-state index contributed by atoms with van der Waals surface area (Å²) in [7, 11) is 1.69. The van der Waals surface area contributed by atoms with E-state index in [-0.39, 0.29) is 17.6 Å². The number of hydrogen-bond donors (Lipinski definition) is 1. The maximum absolute atomic E-state index is 12.3. The first-order valence-electron chi connectivity index (χ1n) is 9.39. The van der Waals surface area contributed by atoms with E-state index in [1.54, 1.807) is 19.2 Å². The number of aromatic nitrogens is 3. The second kappa shape index (κ2) is 7.71. The number of alkyl halides is 3. The summed E-state index contributed by atoms with van der Waals surface area (Å²) in [6.07, 6.45) is -2.36. The summed E-state index contributed by atoms with van der Waals surface area (Å²) in [5, 5.41) is 7.47. The molecular formula is C19H23F3N4O2. The zero-order valence-electron chi connectivity index (χ0n) is 15.6. The maximum atomic E-state index is 12.3. The Bertz CT molecular complexity index is 789. The molecule has 1 N–H and O–H groups in total. The summed E-state index contributed by atoms with van der Waals surface area (Å²) in [6.45, 7) is 2.90. The fourth-order valence-electron chi connectivity index (χ4n) is 3.82. The highest BCUT2D eigenvalue weighted by Gasteiger charge is 2.37. The molecule has 1 aliphatic carbocycles. The summed E-state index contributed by atoms with van der Waals surface area (Å²) >= 11 is 0. The first-order valence-corrected chi connectivity index (χ1v) is 9.39. The van der Waals surface area contributed by atoms with Crippen LogP contribution in [-0.2, 0) is 11.3 Å². The second-order valence-electron chi connectivity index (χ2n) is 7.56. The molecule has 2 atom stereocenters. The number of ether oxygens (including phenoxy) is 2. The van der Waals surface area contributed by atoms with Crippen molar-refractivity contribution in [2.24, 2.45) is 5.92 Å². The number of methoxy groups -OCH3 is 1. The molecule has 0 spiro atoms. The van der Waals surface area contributed by atoms with Crippen molar-refractivity contribution >= 4 is 0 Å². The lowest BCUT2D eigenvalue weighted by atomic mass is 9.96. The van der Waals surface area contributed by atoms with Crippen LogP contribution in [0.15, 0.2) is 24.3 Å². The maximum Gasteiger partial charge on any atom is 0.573 e.